The van der Waals surface area contributed by atoms with Crippen molar-refractivity contribution in [3.05, 3.63) is 40.0 Å². The van der Waals surface area contributed by atoms with Gasteiger partial charge in [0.1, 0.15) is 5.82 Å². The Hall–Kier alpha value is -1.46. The van der Waals surface area contributed by atoms with Crippen molar-refractivity contribution >= 4 is 17.2 Å². The Morgan fingerprint density at radius 3 is 2.88 bits per heavy atom. The van der Waals surface area contributed by atoms with Gasteiger partial charge in [0.15, 0.2) is 0 Å². The van der Waals surface area contributed by atoms with Gasteiger partial charge in [0, 0.05) is 24.7 Å². The topological polar surface area (TPSA) is 55.0 Å². The maximum absolute atomic E-state index is 5.62. The van der Waals surface area contributed by atoms with Crippen molar-refractivity contribution in [1.82, 2.24) is 9.97 Å². The van der Waals surface area contributed by atoms with Gasteiger partial charge in [-0.2, -0.15) is 0 Å². The number of pyridine rings is 1. The van der Waals surface area contributed by atoms with E-state index in [0.717, 1.165) is 23.6 Å². The van der Waals surface area contributed by atoms with Gasteiger partial charge in [-0.25, -0.2) is 9.97 Å². The molecule has 2 heterocycles. The normalized spacial score (nSPS) is 10.5. The number of aryl methyl sites for hydroxylation is 1. The Kier molecular flexibility index (Phi) is 3.71. The van der Waals surface area contributed by atoms with E-state index < -0.39 is 0 Å². The number of nitrogens with zero attached hydrogens (tertiary/aromatic N) is 3. The highest BCUT2D eigenvalue weighted by Crippen LogP contribution is 2.18. The number of hydrogen-bond acceptors (Lipinski definition) is 5. The van der Waals surface area contributed by atoms with Gasteiger partial charge in [-0.3, -0.25) is 0 Å². The second-order valence-electron chi connectivity index (χ2n) is 3.94. The van der Waals surface area contributed by atoms with Gasteiger partial charge in [-0.05, 0) is 24.6 Å². The molecule has 0 aromatic carbocycles. The summed E-state index contributed by atoms with van der Waals surface area (Å²) in [5.74, 6) is 0.945. The lowest BCUT2D eigenvalue weighted by Gasteiger charge is -2.18. The summed E-state index contributed by atoms with van der Waals surface area (Å²) in [6.45, 7) is 3.41. The largest absolute Gasteiger partial charge is 0.354 e. The number of aromatic nitrogens is 2. The summed E-state index contributed by atoms with van der Waals surface area (Å²) in [6.07, 6.45) is 1.80. The molecule has 0 amide bonds. The predicted octanol–water partition coefficient (Wildman–Crippen LogP) is 1.94. The lowest BCUT2D eigenvalue weighted by atomic mass is 10.2. The molecule has 0 aliphatic heterocycles. The lowest BCUT2D eigenvalue weighted by molar-refractivity contribution is 0.895. The highest BCUT2D eigenvalue weighted by molar-refractivity contribution is 7.09. The molecule has 0 saturated carbocycles. The first-order chi connectivity index (χ1) is 8.20. The molecular formula is C12H16N4S. The van der Waals surface area contributed by atoms with Crippen LogP contribution in [-0.2, 0) is 13.1 Å². The van der Waals surface area contributed by atoms with E-state index in [1.54, 1.807) is 17.5 Å². The summed E-state index contributed by atoms with van der Waals surface area (Å²) in [6, 6.07) is 3.96. The minimum absolute atomic E-state index is 0.545. The van der Waals surface area contributed by atoms with Crippen LogP contribution >= 0.6 is 11.3 Å². The Morgan fingerprint density at radius 1 is 1.41 bits per heavy atom. The Balaban J connectivity index is 2.14. The number of anilines is 1. The van der Waals surface area contributed by atoms with Gasteiger partial charge >= 0.3 is 0 Å². The van der Waals surface area contributed by atoms with Crippen molar-refractivity contribution in [3.63, 3.8) is 0 Å². The molecular weight excluding hydrogens is 232 g/mol. The van der Waals surface area contributed by atoms with Crippen LogP contribution in [0.5, 0.6) is 0 Å². The van der Waals surface area contributed by atoms with Crippen molar-refractivity contribution in [2.75, 3.05) is 11.9 Å². The lowest BCUT2D eigenvalue weighted by Crippen LogP contribution is -2.17. The Labute approximate surface area is 105 Å². The van der Waals surface area contributed by atoms with Crippen LogP contribution in [0.1, 0.15) is 16.1 Å². The summed E-state index contributed by atoms with van der Waals surface area (Å²) in [5.41, 5.74) is 9.70. The molecule has 0 spiro atoms. The zero-order chi connectivity index (χ0) is 12.3. The minimum Gasteiger partial charge on any atom is -0.354 e. The second kappa shape index (κ2) is 5.25. The second-order valence-corrected chi connectivity index (χ2v) is 4.88. The minimum atomic E-state index is 0.545. The molecule has 0 saturated heterocycles. The van der Waals surface area contributed by atoms with Crippen molar-refractivity contribution in [2.24, 2.45) is 5.73 Å². The van der Waals surface area contributed by atoms with Crippen LogP contribution in [0.25, 0.3) is 0 Å². The average molecular weight is 248 g/mol. The molecule has 2 aromatic rings. The maximum atomic E-state index is 5.62. The summed E-state index contributed by atoms with van der Waals surface area (Å²) >= 11 is 1.68. The van der Waals surface area contributed by atoms with E-state index in [1.165, 1.54) is 4.88 Å². The van der Waals surface area contributed by atoms with E-state index in [0.29, 0.717) is 6.54 Å². The van der Waals surface area contributed by atoms with E-state index >= 15 is 0 Å². The molecule has 0 aliphatic rings. The molecule has 5 heteroatoms. The van der Waals surface area contributed by atoms with E-state index in [-0.39, 0.29) is 0 Å². The third-order valence-corrected chi connectivity index (χ3v) is 3.58. The van der Waals surface area contributed by atoms with E-state index in [1.807, 2.05) is 31.6 Å². The Bertz CT molecular complexity index is 495. The molecule has 0 atom stereocenters. The first-order valence-electron chi connectivity index (χ1n) is 5.46. The zero-order valence-electron chi connectivity index (χ0n) is 10.1. The van der Waals surface area contributed by atoms with Crippen LogP contribution in [0.3, 0.4) is 0 Å². The van der Waals surface area contributed by atoms with Gasteiger partial charge < -0.3 is 10.6 Å². The average Bonchev–Trinajstić information content (AvgIpc) is 2.75. The SMILES string of the molecule is Cc1ncsc1CN(C)c1cc(CN)ccn1. The van der Waals surface area contributed by atoms with Gasteiger partial charge in [0.2, 0.25) is 0 Å². The maximum Gasteiger partial charge on any atom is 0.128 e. The standard InChI is InChI=1S/C12H16N4S/c1-9-11(17-8-15-9)7-16(2)12-5-10(6-13)3-4-14-12/h3-5,8H,6-7,13H2,1-2H3. The van der Waals surface area contributed by atoms with Crippen molar-refractivity contribution < 1.29 is 0 Å². The molecule has 0 radical (unpaired) electrons. The first-order valence-corrected chi connectivity index (χ1v) is 6.33. The fourth-order valence-electron chi connectivity index (χ4n) is 1.57. The predicted molar refractivity (Wildman–Crippen MR) is 71.1 cm³/mol. The van der Waals surface area contributed by atoms with Gasteiger partial charge in [0.25, 0.3) is 0 Å². The van der Waals surface area contributed by atoms with E-state index in [4.69, 9.17) is 5.73 Å². The third-order valence-electron chi connectivity index (χ3n) is 2.66. The summed E-state index contributed by atoms with van der Waals surface area (Å²) in [7, 11) is 2.03. The molecule has 2 N–H and O–H groups in total. The molecule has 0 bridgehead atoms. The van der Waals surface area contributed by atoms with Gasteiger partial charge in [0.05, 0.1) is 17.7 Å². The molecule has 4 nitrogen and oxygen atoms in total. The number of thiazole rings is 1. The smallest absolute Gasteiger partial charge is 0.128 e. The molecule has 2 rings (SSSR count). The zero-order valence-corrected chi connectivity index (χ0v) is 10.9. The van der Waals surface area contributed by atoms with Crippen LogP contribution in [-0.4, -0.2) is 17.0 Å². The molecule has 0 fully saturated rings. The molecule has 0 unspecified atom stereocenters. The van der Waals surface area contributed by atoms with Gasteiger partial charge in [-0.1, -0.05) is 0 Å². The molecule has 2 aromatic heterocycles. The Morgan fingerprint density at radius 2 is 2.24 bits per heavy atom. The summed E-state index contributed by atoms with van der Waals surface area (Å²) in [4.78, 5) is 12.0. The van der Waals surface area contributed by atoms with Crippen LogP contribution in [0, 0.1) is 6.92 Å². The van der Waals surface area contributed by atoms with Crippen molar-refractivity contribution in [3.8, 4) is 0 Å². The first kappa shape index (κ1) is 12.0. The highest BCUT2D eigenvalue weighted by atomic mass is 32.1. The molecule has 17 heavy (non-hydrogen) atoms. The van der Waals surface area contributed by atoms with E-state index in [2.05, 4.69) is 14.9 Å². The number of hydrogen-bond donors (Lipinski definition) is 1. The highest BCUT2D eigenvalue weighted by Gasteiger charge is 2.07. The monoisotopic (exact) mass is 248 g/mol. The summed E-state index contributed by atoms with van der Waals surface area (Å²) < 4.78 is 0. The number of rotatable bonds is 4. The molecule has 0 aliphatic carbocycles. The van der Waals surface area contributed by atoms with Crippen LogP contribution in [0.4, 0.5) is 5.82 Å². The fraction of sp³-hybridized carbons (Fsp3) is 0.333. The van der Waals surface area contributed by atoms with Crippen LogP contribution in [0.15, 0.2) is 23.8 Å². The quantitative estimate of drug-likeness (QED) is 0.898. The molecule has 90 valence electrons. The van der Waals surface area contributed by atoms with Crippen LogP contribution in [0.2, 0.25) is 0 Å². The van der Waals surface area contributed by atoms with Gasteiger partial charge in [-0.15, -0.1) is 11.3 Å². The van der Waals surface area contributed by atoms with E-state index in [9.17, 15) is 0 Å². The third kappa shape index (κ3) is 2.81. The van der Waals surface area contributed by atoms with Crippen molar-refractivity contribution in [1.29, 1.82) is 0 Å². The number of nitrogens with two attached hydrogens (primary N) is 1. The summed E-state index contributed by atoms with van der Waals surface area (Å²) in [5, 5.41) is 0. The fourth-order valence-corrected chi connectivity index (χ4v) is 2.40. The van der Waals surface area contributed by atoms with Crippen LogP contribution < -0.4 is 10.6 Å². The van der Waals surface area contributed by atoms with Crippen molar-refractivity contribution in [2.45, 2.75) is 20.0 Å².